The van der Waals surface area contributed by atoms with Crippen LogP contribution in [0, 0.1) is 5.82 Å². The third-order valence-electron chi connectivity index (χ3n) is 7.47. The van der Waals surface area contributed by atoms with Crippen molar-refractivity contribution in [1.82, 2.24) is 15.1 Å². The molecule has 0 radical (unpaired) electrons. The van der Waals surface area contributed by atoms with Crippen molar-refractivity contribution < 1.29 is 41.8 Å². The number of carbonyl (C=O) groups excluding carboxylic acids is 3. The number of nitrogens with zero attached hydrogens (tertiary/aromatic N) is 2. The second-order valence-corrected chi connectivity index (χ2v) is 12.8. The Kier molecular flexibility index (Phi) is 10.5. The lowest BCUT2D eigenvalue weighted by molar-refractivity contribution is -0.133. The largest absolute Gasteiger partial charge is 0.490 e. The molecule has 2 fully saturated rings. The van der Waals surface area contributed by atoms with E-state index >= 15 is 4.39 Å². The fourth-order valence-electron chi connectivity index (χ4n) is 5.26. The Balaban J connectivity index is 1.39. The van der Waals surface area contributed by atoms with Crippen LogP contribution >= 0.6 is 0 Å². The number of rotatable bonds is 8. The number of carbonyl (C=O) groups is 3. The van der Waals surface area contributed by atoms with Gasteiger partial charge < -0.3 is 29.3 Å². The van der Waals surface area contributed by atoms with E-state index in [0.29, 0.717) is 37.2 Å². The van der Waals surface area contributed by atoms with Crippen molar-refractivity contribution in [3.8, 4) is 16.9 Å². The summed E-state index contributed by atoms with van der Waals surface area (Å²) in [7, 11) is 0. The molecule has 2 aromatic carbocycles. The monoisotopic (exact) mass is 633 g/mol. The lowest BCUT2D eigenvalue weighted by atomic mass is 9.99. The van der Waals surface area contributed by atoms with Gasteiger partial charge in [0.2, 0.25) is 5.91 Å². The Morgan fingerprint density at radius 3 is 2.18 bits per heavy atom. The summed E-state index contributed by atoms with van der Waals surface area (Å²) in [6.07, 6.45) is -0.801. The SMILES string of the molecule is CC(C)OC(=O)N1CCC(Oc2ccc(-c3ccc(C[C@H](NC(=O)OC(C)(C)C)C(=O)N4CCC(F)(F)C4)c(F)c3)cc2)CC1. The first-order valence-electron chi connectivity index (χ1n) is 15.3. The van der Waals surface area contributed by atoms with Crippen LogP contribution in [-0.2, 0) is 20.7 Å². The Hall–Kier alpha value is -3.96. The van der Waals surface area contributed by atoms with E-state index in [1.54, 1.807) is 43.9 Å². The van der Waals surface area contributed by atoms with Crippen LogP contribution in [0.5, 0.6) is 5.75 Å². The third kappa shape index (κ3) is 9.76. The minimum atomic E-state index is -3.01. The van der Waals surface area contributed by atoms with Crippen LogP contribution < -0.4 is 10.1 Å². The van der Waals surface area contributed by atoms with Gasteiger partial charge in [0.05, 0.1) is 12.6 Å². The highest BCUT2D eigenvalue weighted by molar-refractivity contribution is 5.86. The van der Waals surface area contributed by atoms with E-state index in [1.165, 1.54) is 12.1 Å². The van der Waals surface area contributed by atoms with Crippen molar-refractivity contribution in [2.24, 2.45) is 0 Å². The van der Waals surface area contributed by atoms with Gasteiger partial charge >= 0.3 is 12.2 Å². The van der Waals surface area contributed by atoms with Crippen molar-refractivity contribution in [2.75, 3.05) is 26.2 Å². The van der Waals surface area contributed by atoms with Gasteiger partial charge in [0.25, 0.3) is 5.92 Å². The number of alkyl carbamates (subject to hydrolysis) is 1. The second kappa shape index (κ2) is 14.0. The van der Waals surface area contributed by atoms with E-state index in [2.05, 4.69) is 5.32 Å². The van der Waals surface area contributed by atoms with Gasteiger partial charge in [0, 0.05) is 45.3 Å². The van der Waals surface area contributed by atoms with Crippen LogP contribution in [0.1, 0.15) is 59.4 Å². The zero-order valence-electron chi connectivity index (χ0n) is 26.4. The first-order chi connectivity index (χ1) is 21.1. The van der Waals surface area contributed by atoms with Crippen LogP contribution in [0.15, 0.2) is 42.5 Å². The van der Waals surface area contributed by atoms with E-state index in [1.807, 2.05) is 26.0 Å². The molecule has 0 aliphatic carbocycles. The first kappa shape index (κ1) is 33.9. The highest BCUT2D eigenvalue weighted by atomic mass is 19.3. The van der Waals surface area contributed by atoms with E-state index in [4.69, 9.17) is 14.2 Å². The van der Waals surface area contributed by atoms with E-state index < -0.39 is 48.3 Å². The number of hydrogen-bond acceptors (Lipinski definition) is 6. The van der Waals surface area contributed by atoms with Crippen molar-refractivity contribution in [3.05, 3.63) is 53.8 Å². The average Bonchev–Trinajstić information content (AvgIpc) is 3.32. The van der Waals surface area contributed by atoms with Crippen LogP contribution in [-0.4, -0.2) is 83.8 Å². The molecule has 45 heavy (non-hydrogen) atoms. The third-order valence-corrected chi connectivity index (χ3v) is 7.47. The van der Waals surface area contributed by atoms with Crippen molar-refractivity contribution in [1.29, 1.82) is 0 Å². The minimum absolute atomic E-state index is 0.0487. The lowest BCUT2D eigenvalue weighted by Crippen LogP contribution is -2.50. The molecule has 2 saturated heterocycles. The number of ether oxygens (including phenoxy) is 3. The van der Waals surface area contributed by atoms with Crippen LogP contribution in [0.25, 0.3) is 11.1 Å². The number of likely N-dealkylation sites (tertiary alicyclic amines) is 2. The first-order valence-corrected chi connectivity index (χ1v) is 15.3. The fourth-order valence-corrected chi connectivity index (χ4v) is 5.26. The smallest absolute Gasteiger partial charge is 0.410 e. The molecule has 2 heterocycles. The summed E-state index contributed by atoms with van der Waals surface area (Å²) in [5.41, 5.74) is 0.606. The second-order valence-electron chi connectivity index (χ2n) is 12.8. The molecule has 0 aromatic heterocycles. The van der Waals surface area contributed by atoms with Crippen LogP contribution in [0.4, 0.5) is 22.8 Å². The standard InChI is InChI=1S/C33H42F3N3O6/c1-21(2)43-31(42)38-15-12-26(13-16-38)44-25-10-8-22(9-11-25)23-6-7-24(27(34)18-23)19-28(37-30(41)45-32(3,4)5)29(40)39-17-14-33(35,36)20-39/h6-11,18,21,26,28H,12-17,19-20H2,1-5H3,(H,37,41)/t28-/m0/s1. The highest BCUT2D eigenvalue weighted by Crippen LogP contribution is 2.29. The summed E-state index contributed by atoms with van der Waals surface area (Å²) in [5.74, 6) is -3.69. The topological polar surface area (TPSA) is 97.4 Å². The summed E-state index contributed by atoms with van der Waals surface area (Å²) in [6.45, 7) is 8.75. The maximum atomic E-state index is 15.4. The van der Waals surface area contributed by atoms with Gasteiger partial charge in [-0.3, -0.25) is 4.79 Å². The molecule has 4 rings (SSSR count). The molecule has 0 bridgehead atoms. The predicted octanol–water partition coefficient (Wildman–Crippen LogP) is 6.18. The summed E-state index contributed by atoms with van der Waals surface area (Å²) in [6, 6.07) is 10.5. The minimum Gasteiger partial charge on any atom is -0.490 e. The number of benzene rings is 2. The molecule has 0 saturated carbocycles. The van der Waals surface area contributed by atoms with Crippen molar-refractivity contribution >= 4 is 18.1 Å². The Bertz CT molecular complexity index is 1350. The molecule has 3 amide bonds. The number of amides is 3. The molecule has 246 valence electrons. The summed E-state index contributed by atoms with van der Waals surface area (Å²) in [4.78, 5) is 40.4. The van der Waals surface area contributed by atoms with Gasteiger partial charge in [-0.2, -0.15) is 0 Å². The summed E-state index contributed by atoms with van der Waals surface area (Å²) >= 11 is 0. The van der Waals surface area contributed by atoms with E-state index in [0.717, 1.165) is 10.5 Å². The molecule has 9 nitrogen and oxygen atoms in total. The Labute approximate surface area is 262 Å². The van der Waals surface area contributed by atoms with Crippen molar-refractivity contribution in [2.45, 2.75) is 90.1 Å². The van der Waals surface area contributed by atoms with Gasteiger partial charge in [-0.15, -0.1) is 0 Å². The highest BCUT2D eigenvalue weighted by Gasteiger charge is 2.42. The van der Waals surface area contributed by atoms with Crippen molar-refractivity contribution in [3.63, 3.8) is 0 Å². The summed E-state index contributed by atoms with van der Waals surface area (Å²) < 4.78 is 59.6. The van der Waals surface area contributed by atoms with E-state index in [-0.39, 0.29) is 36.8 Å². The molecule has 2 aliphatic rings. The summed E-state index contributed by atoms with van der Waals surface area (Å²) in [5, 5.41) is 2.45. The van der Waals surface area contributed by atoms with Gasteiger partial charge in [-0.1, -0.05) is 24.3 Å². The molecular formula is C33H42F3N3O6. The predicted molar refractivity (Wildman–Crippen MR) is 162 cm³/mol. The van der Waals surface area contributed by atoms with E-state index in [9.17, 15) is 23.2 Å². The quantitative estimate of drug-likeness (QED) is 0.373. The molecule has 1 atom stereocenters. The number of piperidine rings is 1. The maximum Gasteiger partial charge on any atom is 0.410 e. The molecule has 2 aliphatic heterocycles. The zero-order chi connectivity index (χ0) is 32.9. The van der Waals surface area contributed by atoms with Gasteiger partial charge in [0.1, 0.15) is 29.3 Å². The Morgan fingerprint density at radius 2 is 1.62 bits per heavy atom. The van der Waals surface area contributed by atoms with Crippen LogP contribution in [0.2, 0.25) is 0 Å². The number of halogens is 3. The van der Waals surface area contributed by atoms with Gasteiger partial charge in [-0.05, 0) is 69.5 Å². The van der Waals surface area contributed by atoms with Gasteiger partial charge in [0.15, 0.2) is 0 Å². The molecule has 2 aromatic rings. The van der Waals surface area contributed by atoms with Gasteiger partial charge in [-0.25, -0.2) is 22.8 Å². The number of nitrogens with one attached hydrogen (secondary N) is 1. The number of hydrogen-bond donors (Lipinski definition) is 1. The molecule has 0 spiro atoms. The molecule has 1 N–H and O–H groups in total. The Morgan fingerprint density at radius 1 is 0.978 bits per heavy atom. The zero-order valence-corrected chi connectivity index (χ0v) is 26.4. The maximum absolute atomic E-state index is 15.4. The molecule has 0 unspecified atom stereocenters. The fraction of sp³-hybridized carbons (Fsp3) is 0.545. The molecule has 12 heteroatoms. The molecular weight excluding hydrogens is 591 g/mol. The average molecular weight is 634 g/mol. The normalized spacial score (nSPS) is 17.6. The number of alkyl halides is 2. The lowest BCUT2D eigenvalue weighted by Gasteiger charge is -2.32. The van der Waals surface area contributed by atoms with Crippen LogP contribution in [0.3, 0.4) is 0 Å².